The minimum Gasteiger partial charge on any atom is -0.228 e. The SMILES string of the molecule is NS(=O)(=O)c1ccc(-c2cccc(-c3nc(-c4ccc(C(F)(F)F)cc4)cc(C(F)(F)F)n3)c2)s1. The molecular formula is C22H13F6N3O2S2. The Morgan fingerprint density at radius 3 is 1.97 bits per heavy atom. The van der Waals surface area contributed by atoms with Crippen molar-refractivity contribution < 1.29 is 34.8 Å². The number of sulfonamides is 1. The summed E-state index contributed by atoms with van der Waals surface area (Å²) in [5.74, 6) is -0.306. The van der Waals surface area contributed by atoms with Crippen molar-refractivity contribution in [2.75, 3.05) is 0 Å². The molecule has 5 nitrogen and oxygen atoms in total. The van der Waals surface area contributed by atoms with E-state index < -0.39 is 33.6 Å². The molecule has 4 aromatic rings. The largest absolute Gasteiger partial charge is 0.433 e. The van der Waals surface area contributed by atoms with Crippen LogP contribution in [0.25, 0.3) is 33.1 Å². The second kappa shape index (κ2) is 8.73. The fourth-order valence-electron chi connectivity index (χ4n) is 3.14. The molecule has 0 atom stereocenters. The molecule has 2 aromatic heterocycles. The van der Waals surface area contributed by atoms with Gasteiger partial charge in [0, 0.05) is 16.0 Å². The van der Waals surface area contributed by atoms with Crippen molar-refractivity contribution >= 4 is 21.4 Å². The van der Waals surface area contributed by atoms with Crippen molar-refractivity contribution in [2.24, 2.45) is 5.14 Å². The highest BCUT2D eigenvalue weighted by atomic mass is 32.2. The average Bonchev–Trinajstić information content (AvgIpc) is 3.29. The van der Waals surface area contributed by atoms with Gasteiger partial charge >= 0.3 is 12.4 Å². The van der Waals surface area contributed by atoms with Gasteiger partial charge in [0.25, 0.3) is 0 Å². The summed E-state index contributed by atoms with van der Waals surface area (Å²) in [6.07, 6.45) is -9.44. The van der Waals surface area contributed by atoms with Crippen LogP contribution in [-0.2, 0) is 22.4 Å². The van der Waals surface area contributed by atoms with E-state index in [9.17, 15) is 34.8 Å². The number of nitrogens with zero attached hydrogens (tertiary/aromatic N) is 2. The van der Waals surface area contributed by atoms with Crippen LogP contribution < -0.4 is 5.14 Å². The molecule has 0 bridgehead atoms. The zero-order valence-corrected chi connectivity index (χ0v) is 18.9. The molecule has 0 radical (unpaired) electrons. The lowest BCUT2D eigenvalue weighted by atomic mass is 10.1. The number of alkyl halides is 6. The highest BCUT2D eigenvalue weighted by molar-refractivity contribution is 7.91. The van der Waals surface area contributed by atoms with E-state index in [2.05, 4.69) is 9.97 Å². The topological polar surface area (TPSA) is 85.9 Å². The van der Waals surface area contributed by atoms with E-state index in [0.29, 0.717) is 16.5 Å². The Kier molecular flexibility index (Phi) is 6.19. The standard InChI is InChI=1S/C22H13F6N3O2S2/c23-21(24,25)15-6-4-12(5-7-15)16-11-18(22(26,27)28)31-20(30-16)14-3-1-2-13(10-14)17-8-9-19(34-17)35(29,32)33/h1-11H,(H2,29,32,33). The first-order valence-corrected chi connectivity index (χ1v) is 12.0. The molecule has 0 saturated heterocycles. The Morgan fingerprint density at radius 1 is 0.743 bits per heavy atom. The molecule has 4 rings (SSSR count). The lowest BCUT2D eigenvalue weighted by Gasteiger charge is -2.12. The number of hydrogen-bond donors (Lipinski definition) is 1. The first kappa shape index (κ1) is 24.8. The summed E-state index contributed by atoms with van der Waals surface area (Å²) in [6.45, 7) is 0. The Bertz CT molecular complexity index is 1490. The second-order valence-electron chi connectivity index (χ2n) is 7.28. The van der Waals surface area contributed by atoms with E-state index >= 15 is 0 Å². The number of hydrogen-bond acceptors (Lipinski definition) is 5. The van der Waals surface area contributed by atoms with Crippen LogP contribution in [0.3, 0.4) is 0 Å². The zero-order valence-electron chi connectivity index (χ0n) is 17.2. The van der Waals surface area contributed by atoms with Crippen molar-refractivity contribution in [2.45, 2.75) is 16.6 Å². The maximum absolute atomic E-state index is 13.6. The average molecular weight is 529 g/mol. The number of nitrogens with two attached hydrogens (primary N) is 1. The summed E-state index contributed by atoms with van der Waals surface area (Å²) in [5, 5.41) is 5.13. The van der Waals surface area contributed by atoms with Gasteiger partial charge in [0.05, 0.1) is 11.3 Å². The number of rotatable bonds is 4. The minimum atomic E-state index is -4.84. The summed E-state index contributed by atoms with van der Waals surface area (Å²) in [4.78, 5) is 8.25. The van der Waals surface area contributed by atoms with Crippen LogP contribution in [0.15, 0.2) is 70.9 Å². The molecule has 2 heterocycles. The predicted molar refractivity (Wildman–Crippen MR) is 118 cm³/mol. The van der Waals surface area contributed by atoms with Gasteiger partial charge in [0.1, 0.15) is 9.90 Å². The summed E-state index contributed by atoms with van der Waals surface area (Å²) < 4.78 is 102. The second-order valence-corrected chi connectivity index (χ2v) is 10.2. The predicted octanol–water partition coefficient (Wildman–Crippen LogP) is 6.22. The lowest BCUT2D eigenvalue weighted by Crippen LogP contribution is -2.10. The maximum atomic E-state index is 13.6. The van der Waals surface area contributed by atoms with Gasteiger partial charge in [-0.3, -0.25) is 0 Å². The molecule has 0 unspecified atom stereocenters. The van der Waals surface area contributed by atoms with E-state index in [1.54, 1.807) is 6.07 Å². The fourth-order valence-corrected chi connectivity index (χ4v) is 4.86. The van der Waals surface area contributed by atoms with Crippen LogP contribution in [0.4, 0.5) is 26.3 Å². The molecule has 182 valence electrons. The monoisotopic (exact) mass is 529 g/mol. The maximum Gasteiger partial charge on any atom is 0.433 e. The quantitative estimate of drug-likeness (QED) is 0.318. The highest BCUT2D eigenvalue weighted by Crippen LogP contribution is 2.36. The third-order valence-corrected chi connectivity index (χ3v) is 7.36. The summed E-state index contributed by atoms with van der Waals surface area (Å²) >= 11 is 0.882. The number of aromatic nitrogens is 2. The van der Waals surface area contributed by atoms with E-state index in [1.807, 2.05) is 0 Å². The van der Waals surface area contributed by atoms with Crippen LogP contribution in [0.2, 0.25) is 0 Å². The molecule has 2 N–H and O–H groups in total. The van der Waals surface area contributed by atoms with Gasteiger partial charge in [-0.05, 0) is 42.0 Å². The van der Waals surface area contributed by atoms with Crippen LogP contribution in [0, 0.1) is 0 Å². The molecule has 0 saturated carbocycles. The smallest absolute Gasteiger partial charge is 0.228 e. The van der Waals surface area contributed by atoms with E-state index in [-0.39, 0.29) is 26.9 Å². The van der Waals surface area contributed by atoms with Gasteiger partial charge < -0.3 is 0 Å². The Labute approximate surface area is 199 Å². The Balaban J connectivity index is 1.80. The normalized spacial score (nSPS) is 12.7. The molecule has 0 aliphatic carbocycles. The van der Waals surface area contributed by atoms with Crippen molar-refractivity contribution in [3.05, 3.63) is 78.0 Å². The highest BCUT2D eigenvalue weighted by Gasteiger charge is 2.34. The van der Waals surface area contributed by atoms with Crippen LogP contribution in [0.5, 0.6) is 0 Å². The molecule has 0 spiro atoms. The molecular weight excluding hydrogens is 516 g/mol. The Morgan fingerprint density at radius 2 is 1.40 bits per heavy atom. The molecule has 2 aromatic carbocycles. The van der Waals surface area contributed by atoms with Crippen LogP contribution in [0.1, 0.15) is 11.3 Å². The lowest BCUT2D eigenvalue weighted by molar-refractivity contribution is -0.141. The van der Waals surface area contributed by atoms with Gasteiger partial charge in [0.15, 0.2) is 5.82 Å². The fraction of sp³-hybridized carbons (Fsp3) is 0.0909. The first-order valence-electron chi connectivity index (χ1n) is 9.59. The van der Waals surface area contributed by atoms with Crippen molar-refractivity contribution in [1.29, 1.82) is 0 Å². The summed E-state index contributed by atoms with van der Waals surface area (Å²) in [7, 11) is -3.92. The van der Waals surface area contributed by atoms with E-state index in [1.165, 1.54) is 30.3 Å². The van der Waals surface area contributed by atoms with Crippen LogP contribution in [-0.4, -0.2) is 18.4 Å². The molecule has 0 aliphatic heterocycles. The van der Waals surface area contributed by atoms with Gasteiger partial charge in [-0.1, -0.05) is 30.3 Å². The van der Waals surface area contributed by atoms with E-state index in [4.69, 9.17) is 5.14 Å². The summed E-state index contributed by atoms with van der Waals surface area (Å²) in [6, 6.07) is 13.1. The minimum absolute atomic E-state index is 0.0411. The third-order valence-electron chi connectivity index (χ3n) is 4.79. The number of benzene rings is 2. The van der Waals surface area contributed by atoms with Gasteiger partial charge in [0.2, 0.25) is 10.0 Å². The number of halogens is 6. The van der Waals surface area contributed by atoms with Crippen molar-refractivity contribution in [3.63, 3.8) is 0 Å². The molecule has 13 heteroatoms. The van der Waals surface area contributed by atoms with Crippen LogP contribution >= 0.6 is 11.3 Å². The van der Waals surface area contributed by atoms with Gasteiger partial charge in [-0.15, -0.1) is 11.3 Å². The number of thiophene rings is 1. The molecule has 0 amide bonds. The van der Waals surface area contributed by atoms with Crippen molar-refractivity contribution in [3.8, 4) is 33.1 Å². The molecule has 0 fully saturated rings. The van der Waals surface area contributed by atoms with Crippen molar-refractivity contribution in [1.82, 2.24) is 9.97 Å². The summed E-state index contributed by atoms with van der Waals surface area (Å²) in [5.41, 5.74) is -1.72. The zero-order chi connectivity index (χ0) is 25.6. The molecule has 0 aliphatic rings. The van der Waals surface area contributed by atoms with E-state index in [0.717, 1.165) is 35.6 Å². The van der Waals surface area contributed by atoms with Gasteiger partial charge in [-0.25, -0.2) is 23.5 Å². The Hall–Kier alpha value is -3.29. The third kappa shape index (κ3) is 5.52. The first-order chi connectivity index (χ1) is 16.2. The van der Waals surface area contributed by atoms with Gasteiger partial charge in [-0.2, -0.15) is 26.3 Å². The number of primary sulfonamides is 1. The molecule has 35 heavy (non-hydrogen) atoms.